The van der Waals surface area contributed by atoms with Crippen molar-refractivity contribution in [2.75, 3.05) is 13.2 Å². The van der Waals surface area contributed by atoms with Crippen LogP contribution in [0, 0.1) is 0 Å². The number of hydrogen-bond acceptors (Lipinski definition) is 11. The maximum absolute atomic E-state index is 13.2. The Morgan fingerprint density at radius 1 is 0.430 bits per heavy atom. The van der Waals surface area contributed by atoms with Crippen LogP contribution in [0.4, 0.5) is 0 Å². The van der Waals surface area contributed by atoms with Crippen molar-refractivity contribution in [1.29, 1.82) is 0 Å². The minimum atomic E-state index is -1.90. The van der Waals surface area contributed by atoms with Crippen molar-refractivity contribution in [3.63, 3.8) is 0 Å². The molecule has 0 bridgehead atoms. The maximum Gasteiger partial charge on any atom is 0.335 e. The molecular weight excluding hydrogens is 997 g/mol. The fourth-order valence-electron chi connectivity index (χ4n) is 9.91. The number of hydrogen-bond donors (Lipinski definition) is 3. The van der Waals surface area contributed by atoms with Gasteiger partial charge in [0.15, 0.2) is 24.6 Å². The number of aliphatic carboxylic acids is 1. The lowest BCUT2D eigenvalue weighted by atomic mass is 9.98. The highest BCUT2D eigenvalue weighted by Gasteiger charge is 2.50. The summed E-state index contributed by atoms with van der Waals surface area (Å²) in [5.41, 5.74) is 0. The molecule has 1 aliphatic rings. The highest BCUT2D eigenvalue weighted by molar-refractivity contribution is 5.74. The molecule has 0 aromatic rings. The van der Waals surface area contributed by atoms with E-state index in [2.05, 4.69) is 69.4 Å². The molecular formula is C67H118O12. The number of carbonyl (C=O) groups is 4. The van der Waals surface area contributed by atoms with Gasteiger partial charge in [-0.1, -0.05) is 256 Å². The molecule has 6 unspecified atom stereocenters. The van der Waals surface area contributed by atoms with Gasteiger partial charge in [-0.25, -0.2) is 4.79 Å². The van der Waals surface area contributed by atoms with Gasteiger partial charge < -0.3 is 39.0 Å². The zero-order valence-corrected chi connectivity index (χ0v) is 50.6. The van der Waals surface area contributed by atoms with E-state index in [0.29, 0.717) is 19.3 Å². The van der Waals surface area contributed by atoms with Gasteiger partial charge in [-0.15, -0.1) is 0 Å². The quantitative estimate of drug-likeness (QED) is 0.0228. The maximum atomic E-state index is 13.2. The summed E-state index contributed by atoms with van der Waals surface area (Å²) in [6.45, 7) is 5.91. The highest BCUT2D eigenvalue weighted by atomic mass is 16.7. The molecule has 1 rings (SSSR count). The van der Waals surface area contributed by atoms with Gasteiger partial charge in [0.05, 0.1) is 6.61 Å². The van der Waals surface area contributed by atoms with Gasteiger partial charge in [0.1, 0.15) is 18.8 Å². The molecule has 1 aliphatic heterocycles. The zero-order valence-electron chi connectivity index (χ0n) is 50.6. The number of esters is 3. The summed E-state index contributed by atoms with van der Waals surface area (Å²) < 4.78 is 28.5. The number of unbranched alkanes of at least 4 members (excludes halogenated alkanes) is 34. The Morgan fingerprint density at radius 2 is 0.797 bits per heavy atom. The standard InChI is InChI=1S/C67H118O12/c1-4-7-10-13-16-19-22-25-28-30-33-35-38-41-44-47-50-53-59(68)75-56-58(77-60(69)54-51-48-45-42-39-36-32-27-24-21-18-15-12-9-6-3)57-76-67-65(63(72)62(71)64(79-67)66(73)74)78-61(70)55-52-49-46-43-40-37-34-31-29-26-23-20-17-14-11-8-5-2/h7,10,16,19,25,27-28,32,58,62-65,67,71-72H,4-6,8-9,11-15,17-18,20-24,26,29-31,33-57H2,1-3H3,(H,73,74)/b10-7-,19-16-,28-25-,32-27-. The summed E-state index contributed by atoms with van der Waals surface area (Å²) in [6.07, 6.45) is 54.9. The van der Waals surface area contributed by atoms with Crippen LogP contribution in [0.25, 0.3) is 0 Å². The van der Waals surface area contributed by atoms with Crippen LogP contribution in [0.1, 0.15) is 303 Å². The molecule has 0 saturated carbocycles. The van der Waals surface area contributed by atoms with Crippen molar-refractivity contribution in [3.8, 4) is 0 Å². The Hall–Kier alpha value is -3.32. The van der Waals surface area contributed by atoms with Crippen LogP contribution in [-0.2, 0) is 42.9 Å². The van der Waals surface area contributed by atoms with E-state index in [0.717, 1.165) is 109 Å². The average Bonchev–Trinajstić information content (AvgIpc) is 3.47. The number of carbonyl (C=O) groups excluding carboxylic acids is 3. The molecule has 0 aliphatic carbocycles. The summed E-state index contributed by atoms with van der Waals surface area (Å²) in [5, 5.41) is 31.6. The Morgan fingerprint density at radius 3 is 1.23 bits per heavy atom. The first-order valence-electron chi connectivity index (χ1n) is 32.6. The van der Waals surface area contributed by atoms with E-state index in [4.69, 9.17) is 23.7 Å². The van der Waals surface area contributed by atoms with Crippen LogP contribution in [0.3, 0.4) is 0 Å². The topological polar surface area (TPSA) is 175 Å². The average molecular weight is 1120 g/mol. The monoisotopic (exact) mass is 1110 g/mol. The third-order valence-electron chi connectivity index (χ3n) is 14.9. The molecule has 0 aromatic carbocycles. The van der Waals surface area contributed by atoms with Gasteiger partial charge >= 0.3 is 23.9 Å². The van der Waals surface area contributed by atoms with Gasteiger partial charge in [-0.3, -0.25) is 14.4 Å². The molecule has 0 spiro atoms. The summed E-state index contributed by atoms with van der Waals surface area (Å²) >= 11 is 0. The SMILES string of the molecule is CC/C=C\C/C=C\C/C=C\CCCCCCCCCC(=O)OCC(COC1OC(C(=O)O)C(O)C(O)C1OC(=O)CCCCCCCCCCCCCCCCCCC)OC(=O)CCCCCCC/C=C\CCCCCCCC. The third-order valence-corrected chi connectivity index (χ3v) is 14.9. The van der Waals surface area contributed by atoms with Gasteiger partial charge in [-0.05, 0) is 77.0 Å². The fourth-order valence-corrected chi connectivity index (χ4v) is 9.91. The fraction of sp³-hybridized carbons (Fsp3) is 0.821. The van der Waals surface area contributed by atoms with Crippen LogP contribution in [0.2, 0.25) is 0 Å². The Kier molecular flexibility index (Phi) is 51.5. The van der Waals surface area contributed by atoms with Gasteiger partial charge in [0.2, 0.25) is 0 Å². The first kappa shape index (κ1) is 73.7. The van der Waals surface area contributed by atoms with E-state index in [1.807, 2.05) is 0 Å². The molecule has 79 heavy (non-hydrogen) atoms. The predicted molar refractivity (Wildman–Crippen MR) is 322 cm³/mol. The Balaban J connectivity index is 2.65. The molecule has 0 amide bonds. The van der Waals surface area contributed by atoms with Crippen LogP contribution in [0.5, 0.6) is 0 Å². The molecule has 0 aromatic heterocycles. The van der Waals surface area contributed by atoms with Crippen LogP contribution in [0.15, 0.2) is 48.6 Å². The smallest absolute Gasteiger partial charge is 0.335 e. The van der Waals surface area contributed by atoms with Crippen LogP contribution < -0.4 is 0 Å². The van der Waals surface area contributed by atoms with Crippen LogP contribution in [-0.4, -0.2) is 89.2 Å². The second-order valence-corrected chi connectivity index (χ2v) is 22.4. The molecule has 1 fully saturated rings. The van der Waals surface area contributed by atoms with Gasteiger partial charge in [0, 0.05) is 19.3 Å². The minimum absolute atomic E-state index is 0.0633. The molecule has 3 N–H and O–H groups in total. The largest absolute Gasteiger partial charge is 0.479 e. The Bertz CT molecular complexity index is 1560. The number of rotatable bonds is 56. The van der Waals surface area contributed by atoms with E-state index < -0.39 is 67.3 Å². The van der Waals surface area contributed by atoms with Gasteiger partial charge in [0.25, 0.3) is 0 Å². The first-order chi connectivity index (χ1) is 38.6. The highest BCUT2D eigenvalue weighted by Crippen LogP contribution is 2.27. The van der Waals surface area contributed by atoms with Gasteiger partial charge in [-0.2, -0.15) is 0 Å². The lowest BCUT2D eigenvalue weighted by Crippen LogP contribution is -2.61. The van der Waals surface area contributed by atoms with E-state index in [1.54, 1.807) is 0 Å². The van der Waals surface area contributed by atoms with Crippen molar-refractivity contribution >= 4 is 23.9 Å². The van der Waals surface area contributed by atoms with Crippen LogP contribution >= 0.6 is 0 Å². The second kappa shape index (κ2) is 55.2. The molecule has 0 radical (unpaired) electrons. The number of allylic oxidation sites excluding steroid dienone is 8. The molecule has 12 heteroatoms. The van der Waals surface area contributed by atoms with E-state index in [-0.39, 0.29) is 25.9 Å². The van der Waals surface area contributed by atoms with Crippen molar-refractivity contribution in [2.24, 2.45) is 0 Å². The summed E-state index contributed by atoms with van der Waals surface area (Å²) in [6, 6.07) is 0. The zero-order chi connectivity index (χ0) is 57.5. The van der Waals surface area contributed by atoms with Crippen molar-refractivity contribution < 1.29 is 58.2 Å². The number of aliphatic hydroxyl groups is 2. The van der Waals surface area contributed by atoms with E-state index >= 15 is 0 Å². The molecule has 1 saturated heterocycles. The Labute approximate surface area is 482 Å². The van der Waals surface area contributed by atoms with Crippen molar-refractivity contribution in [1.82, 2.24) is 0 Å². The minimum Gasteiger partial charge on any atom is -0.479 e. The number of carboxylic acid groups (broad SMARTS) is 1. The predicted octanol–water partition coefficient (Wildman–Crippen LogP) is 17.3. The summed E-state index contributed by atoms with van der Waals surface area (Å²) in [7, 11) is 0. The van der Waals surface area contributed by atoms with E-state index in [1.165, 1.54) is 135 Å². The first-order valence-corrected chi connectivity index (χ1v) is 32.6. The number of carboxylic acids is 1. The second-order valence-electron chi connectivity index (χ2n) is 22.4. The summed E-state index contributed by atoms with van der Waals surface area (Å²) in [4.78, 5) is 51.3. The lowest BCUT2D eigenvalue weighted by molar-refractivity contribution is -0.301. The third kappa shape index (κ3) is 45.0. The summed E-state index contributed by atoms with van der Waals surface area (Å²) in [5.74, 6) is -3.12. The number of aliphatic hydroxyl groups excluding tert-OH is 2. The lowest BCUT2D eigenvalue weighted by Gasteiger charge is -2.40. The number of ether oxygens (including phenoxy) is 5. The normalized spacial score (nSPS) is 18.1. The molecule has 6 atom stereocenters. The molecule has 12 nitrogen and oxygen atoms in total. The van der Waals surface area contributed by atoms with Crippen molar-refractivity contribution in [2.45, 2.75) is 340 Å². The van der Waals surface area contributed by atoms with Crippen molar-refractivity contribution in [3.05, 3.63) is 48.6 Å². The molecule has 1 heterocycles. The molecule has 458 valence electrons. The van der Waals surface area contributed by atoms with E-state index in [9.17, 15) is 34.5 Å².